The first kappa shape index (κ1) is 22.1. The Hall–Kier alpha value is -3.71. The van der Waals surface area contributed by atoms with E-state index in [1.54, 1.807) is 12.3 Å². The number of amides is 1. The second kappa shape index (κ2) is 9.27. The Bertz CT molecular complexity index is 1200. The van der Waals surface area contributed by atoms with Gasteiger partial charge in [0.25, 0.3) is 0 Å². The smallest absolute Gasteiger partial charge is 0.238 e. The summed E-state index contributed by atoms with van der Waals surface area (Å²) < 4.78 is 0. The quantitative estimate of drug-likeness (QED) is 0.449. The molecule has 5 rings (SSSR count). The van der Waals surface area contributed by atoms with Crippen LogP contribution in [0.1, 0.15) is 29.9 Å². The van der Waals surface area contributed by atoms with Crippen LogP contribution in [0.2, 0.25) is 0 Å². The number of aromatic nitrogens is 1. The number of fused-ring (bicyclic) bond motifs is 1. The molecular weight excluding hydrogens is 424 g/mol. The summed E-state index contributed by atoms with van der Waals surface area (Å²) in [6, 6.07) is 20.0. The van der Waals surface area contributed by atoms with E-state index in [0.29, 0.717) is 17.4 Å². The minimum atomic E-state index is -0.511. The molecule has 0 saturated carbocycles. The van der Waals surface area contributed by atoms with Gasteiger partial charge in [-0.15, -0.1) is 0 Å². The third-order valence-corrected chi connectivity index (χ3v) is 6.75. The lowest BCUT2D eigenvalue weighted by Crippen LogP contribution is -2.42. The molecule has 0 bridgehead atoms. The van der Waals surface area contributed by atoms with E-state index in [-0.39, 0.29) is 5.91 Å². The predicted molar refractivity (Wildman–Crippen MR) is 138 cm³/mol. The summed E-state index contributed by atoms with van der Waals surface area (Å²) in [5, 5.41) is 2.96. The van der Waals surface area contributed by atoms with Crippen molar-refractivity contribution in [2.45, 2.75) is 24.8 Å². The number of rotatable bonds is 5. The Morgan fingerprint density at radius 1 is 1.09 bits per heavy atom. The van der Waals surface area contributed by atoms with E-state index in [0.717, 1.165) is 54.3 Å². The first-order chi connectivity index (χ1) is 16.5. The zero-order valence-electron chi connectivity index (χ0n) is 19.6. The summed E-state index contributed by atoms with van der Waals surface area (Å²) in [5.41, 5.74) is 10.5. The van der Waals surface area contributed by atoms with Crippen molar-refractivity contribution in [2.75, 3.05) is 43.1 Å². The van der Waals surface area contributed by atoms with Gasteiger partial charge in [-0.3, -0.25) is 9.79 Å². The van der Waals surface area contributed by atoms with Crippen LogP contribution in [0, 0.1) is 0 Å². The van der Waals surface area contributed by atoms with Crippen molar-refractivity contribution in [3.8, 4) is 0 Å². The van der Waals surface area contributed by atoms with Gasteiger partial charge in [0, 0.05) is 30.5 Å². The van der Waals surface area contributed by atoms with Gasteiger partial charge >= 0.3 is 0 Å². The zero-order valence-corrected chi connectivity index (χ0v) is 19.6. The third-order valence-electron chi connectivity index (χ3n) is 6.75. The number of nitrogens with two attached hydrogens (primary N) is 1. The molecule has 1 aromatic heterocycles. The molecule has 1 unspecified atom stereocenters. The standard InChI is InChI=1S/C27H30N6O/c1-32(2)21-12-14-33(15-13-21)24-11-9-20(17-29-24)30-26(18-6-4-3-5-7-18)25-22-10-8-19(28)16-23(22)31-27(25)34/h3-11,16-17,21,25H,12-15,28H2,1-2H3,(H,31,34). The van der Waals surface area contributed by atoms with E-state index in [4.69, 9.17) is 15.7 Å². The lowest BCUT2D eigenvalue weighted by Gasteiger charge is -2.35. The number of piperidine rings is 1. The molecule has 2 aromatic carbocycles. The molecule has 0 spiro atoms. The number of nitrogens with one attached hydrogen (secondary N) is 1. The van der Waals surface area contributed by atoms with Crippen LogP contribution < -0.4 is 16.0 Å². The number of anilines is 3. The van der Waals surface area contributed by atoms with Gasteiger partial charge in [0.15, 0.2) is 0 Å². The van der Waals surface area contributed by atoms with E-state index in [1.165, 1.54) is 0 Å². The monoisotopic (exact) mass is 454 g/mol. The second-order valence-electron chi connectivity index (χ2n) is 9.19. The molecule has 7 nitrogen and oxygen atoms in total. The first-order valence-electron chi connectivity index (χ1n) is 11.7. The average Bonchev–Trinajstić information content (AvgIpc) is 3.18. The Kier molecular flexibility index (Phi) is 6.02. The molecule has 2 aliphatic heterocycles. The zero-order chi connectivity index (χ0) is 23.7. The summed E-state index contributed by atoms with van der Waals surface area (Å²) in [7, 11) is 4.29. The summed E-state index contributed by atoms with van der Waals surface area (Å²) in [6.45, 7) is 1.99. The van der Waals surface area contributed by atoms with Crippen molar-refractivity contribution in [2.24, 2.45) is 4.99 Å². The lowest BCUT2D eigenvalue weighted by atomic mass is 9.90. The van der Waals surface area contributed by atoms with Gasteiger partial charge < -0.3 is 20.9 Å². The molecule has 0 radical (unpaired) electrons. The maximum Gasteiger partial charge on any atom is 0.238 e. The number of hydrogen-bond acceptors (Lipinski definition) is 6. The summed E-state index contributed by atoms with van der Waals surface area (Å²) >= 11 is 0. The van der Waals surface area contributed by atoms with E-state index in [1.807, 2.05) is 54.6 Å². The molecule has 1 fully saturated rings. The molecule has 3 aromatic rings. The van der Waals surface area contributed by atoms with Crippen LogP contribution in [0.3, 0.4) is 0 Å². The molecule has 7 heteroatoms. The number of hydrogen-bond donors (Lipinski definition) is 2. The molecule has 2 aliphatic rings. The lowest BCUT2D eigenvalue weighted by molar-refractivity contribution is -0.115. The van der Waals surface area contributed by atoms with E-state index >= 15 is 0 Å². The van der Waals surface area contributed by atoms with E-state index in [2.05, 4.69) is 29.2 Å². The molecule has 3 N–H and O–H groups in total. The fraction of sp³-hybridized carbons (Fsp3) is 0.296. The van der Waals surface area contributed by atoms with Crippen molar-refractivity contribution in [1.29, 1.82) is 0 Å². The van der Waals surface area contributed by atoms with Gasteiger partial charge in [0.05, 0.1) is 17.6 Å². The van der Waals surface area contributed by atoms with Gasteiger partial charge in [-0.25, -0.2) is 4.98 Å². The summed E-state index contributed by atoms with van der Waals surface area (Å²) in [5.74, 6) is 0.358. The number of nitrogen functional groups attached to an aromatic ring is 1. The normalized spacial score (nSPS) is 18.8. The maximum atomic E-state index is 13.0. The second-order valence-corrected chi connectivity index (χ2v) is 9.19. The topological polar surface area (TPSA) is 86.8 Å². The van der Waals surface area contributed by atoms with Crippen molar-refractivity contribution in [3.63, 3.8) is 0 Å². The number of aliphatic imine (C=N–C) groups is 1. The molecule has 1 atom stereocenters. The highest BCUT2D eigenvalue weighted by atomic mass is 16.2. The number of carbonyl (C=O) groups is 1. The summed E-state index contributed by atoms with van der Waals surface area (Å²) in [4.78, 5) is 27.3. The van der Waals surface area contributed by atoms with Crippen LogP contribution in [-0.2, 0) is 4.79 Å². The van der Waals surface area contributed by atoms with E-state index in [9.17, 15) is 4.79 Å². The van der Waals surface area contributed by atoms with Gasteiger partial charge in [0.2, 0.25) is 5.91 Å². The van der Waals surface area contributed by atoms with Crippen molar-refractivity contribution < 1.29 is 4.79 Å². The molecule has 34 heavy (non-hydrogen) atoms. The molecule has 3 heterocycles. The third kappa shape index (κ3) is 4.39. The maximum absolute atomic E-state index is 13.0. The molecule has 1 amide bonds. The molecule has 0 aliphatic carbocycles. The molecular formula is C27H30N6O. The van der Waals surface area contributed by atoms with E-state index < -0.39 is 5.92 Å². The molecule has 1 saturated heterocycles. The minimum Gasteiger partial charge on any atom is -0.399 e. The Balaban J connectivity index is 1.45. The highest BCUT2D eigenvalue weighted by Crippen LogP contribution is 2.37. The largest absolute Gasteiger partial charge is 0.399 e. The van der Waals surface area contributed by atoms with Crippen LogP contribution in [0.4, 0.5) is 22.9 Å². The van der Waals surface area contributed by atoms with Crippen LogP contribution in [-0.4, -0.2) is 54.7 Å². The van der Waals surface area contributed by atoms with Crippen molar-refractivity contribution >= 4 is 34.5 Å². The fourth-order valence-electron chi connectivity index (χ4n) is 4.84. The fourth-order valence-corrected chi connectivity index (χ4v) is 4.84. The Morgan fingerprint density at radius 2 is 1.85 bits per heavy atom. The van der Waals surface area contributed by atoms with Crippen molar-refractivity contribution in [3.05, 3.63) is 78.0 Å². The summed E-state index contributed by atoms with van der Waals surface area (Å²) in [6.07, 6.45) is 4.06. The van der Waals surface area contributed by atoms with Gasteiger partial charge in [-0.1, -0.05) is 36.4 Å². The van der Waals surface area contributed by atoms with Gasteiger partial charge in [0.1, 0.15) is 11.7 Å². The minimum absolute atomic E-state index is 0.100. The van der Waals surface area contributed by atoms with Crippen LogP contribution in [0.25, 0.3) is 0 Å². The SMILES string of the molecule is CN(C)C1CCN(c2ccc(N=C(c3ccccc3)C3C(=O)Nc4cc(N)ccc43)cn2)CC1. The first-order valence-corrected chi connectivity index (χ1v) is 11.7. The van der Waals surface area contributed by atoms with Crippen LogP contribution in [0.5, 0.6) is 0 Å². The Labute approximate surface area is 200 Å². The number of pyridine rings is 1. The van der Waals surface area contributed by atoms with Crippen LogP contribution >= 0.6 is 0 Å². The molecule has 174 valence electrons. The van der Waals surface area contributed by atoms with Gasteiger partial charge in [-0.05, 0) is 62.3 Å². The predicted octanol–water partition coefficient (Wildman–Crippen LogP) is 4.05. The number of nitrogens with zero attached hydrogens (tertiary/aromatic N) is 4. The average molecular weight is 455 g/mol. The highest BCUT2D eigenvalue weighted by molar-refractivity contribution is 6.24. The van der Waals surface area contributed by atoms with Crippen molar-refractivity contribution in [1.82, 2.24) is 9.88 Å². The van der Waals surface area contributed by atoms with Crippen LogP contribution in [0.15, 0.2) is 71.9 Å². The van der Waals surface area contributed by atoms with Gasteiger partial charge in [-0.2, -0.15) is 0 Å². The number of carbonyl (C=O) groups excluding carboxylic acids is 1. The highest BCUT2D eigenvalue weighted by Gasteiger charge is 2.35. The Morgan fingerprint density at radius 3 is 2.53 bits per heavy atom. The number of benzene rings is 2.